The number of piperidine rings is 1. The van der Waals surface area contributed by atoms with Crippen LogP contribution >= 0.6 is 11.3 Å². The molecule has 2 rings (SSSR count). The number of rotatable bonds is 3. The predicted octanol–water partition coefficient (Wildman–Crippen LogP) is 0.900. The fourth-order valence-electron chi connectivity index (χ4n) is 2.05. The molecule has 1 aromatic heterocycles. The van der Waals surface area contributed by atoms with Crippen molar-refractivity contribution < 1.29 is 23.4 Å². The summed E-state index contributed by atoms with van der Waals surface area (Å²) in [5.41, 5.74) is 0. The van der Waals surface area contributed by atoms with Crippen LogP contribution in [0.25, 0.3) is 0 Å². The van der Waals surface area contributed by atoms with Crippen molar-refractivity contribution >= 4 is 27.3 Å². The predicted molar refractivity (Wildman–Crippen MR) is 70.0 cm³/mol. The third-order valence-electron chi connectivity index (χ3n) is 3.12. The largest absolute Gasteiger partial charge is 0.477 e. The first-order valence-corrected chi connectivity index (χ1v) is 8.10. The lowest BCUT2D eigenvalue weighted by atomic mass is 10.1. The van der Waals surface area contributed by atoms with Gasteiger partial charge in [-0.3, -0.25) is 0 Å². The summed E-state index contributed by atoms with van der Waals surface area (Å²) in [5.74, 6) is -1.12. The first-order chi connectivity index (χ1) is 8.82. The monoisotopic (exact) mass is 305 g/mol. The Morgan fingerprint density at radius 3 is 2.47 bits per heavy atom. The number of sulfonamides is 1. The molecule has 0 amide bonds. The van der Waals surface area contributed by atoms with E-state index in [2.05, 4.69) is 0 Å². The second-order valence-corrected chi connectivity index (χ2v) is 7.63. The molecule has 0 spiro atoms. The second kappa shape index (κ2) is 5.20. The zero-order valence-corrected chi connectivity index (χ0v) is 12.0. The fourth-order valence-corrected chi connectivity index (χ4v) is 4.92. The number of aryl methyl sites for hydroxylation is 1. The molecule has 2 N–H and O–H groups in total. The molecular weight excluding hydrogens is 290 g/mol. The van der Waals surface area contributed by atoms with Crippen molar-refractivity contribution in [2.75, 3.05) is 13.1 Å². The minimum atomic E-state index is -3.66. The van der Waals surface area contributed by atoms with Crippen molar-refractivity contribution in [1.29, 1.82) is 0 Å². The van der Waals surface area contributed by atoms with E-state index in [0.29, 0.717) is 17.7 Å². The summed E-state index contributed by atoms with van der Waals surface area (Å²) in [7, 11) is -3.66. The van der Waals surface area contributed by atoms with Gasteiger partial charge in [-0.25, -0.2) is 13.2 Å². The Balaban J connectivity index is 2.32. The summed E-state index contributed by atoms with van der Waals surface area (Å²) < 4.78 is 26.1. The van der Waals surface area contributed by atoms with E-state index in [1.54, 1.807) is 6.92 Å². The van der Waals surface area contributed by atoms with Crippen molar-refractivity contribution in [3.63, 3.8) is 0 Å². The van der Waals surface area contributed by atoms with Crippen molar-refractivity contribution in [2.45, 2.75) is 30.8 Å². The molecule has 0 saturated carbocycles. The van der Waals surface area contributed by atoms with Crippen molar-refractivity contribution in [2.24, 2.45) is 0 Å². The quantitative estimate of drug-likeness (QED) is 0.865. The molecule has 1 aliphatic heterocycles. The third-order valence-corrected chi connectivity index (χ3v) is 6.32. The van der Waals surface area contributed by atoms with Gasteiger partial charge >= 0.3 is 5.97 Å². The molecule has 0 aromatic carbocycles. The number of carboxylic acids is 1. The number of aromatic carboxylic acids is 1. The van der Waals surface area contributed by atoms with Crippen LogP contribution in [0.3, 0.4) is 0 Å². The van der Waals surface area contributed by atoms with Gasteiger partial charge in [-0.15, -0.1) is 11.3 Å². The number of carboxylic acid groups (broad SMARTS) is 1. The molecule has 2 heterocycles. The van der Waals surface area contributed by atoms with Gasteiger partial charge in [-0.2, -0.15) is 4.31 Å². The van der Waals surface area contributed by atoms with E-state index in [-0.39, 0.29) is 22.9 Å². The summed E-state index contributed by atoms with van der Waals surface area (Å²) in [6.07, 6.45) is 0.368. The zero-order valence-electron chi connectivity index (χ0n) is 10.4. The minimum absolute atomic E-state index is 0.0214. The van der Waals surface area contributed by atoms with Crippen LogP contribution in [0.2, 0.25) is 0 Å². The summed E-state index contributed by atoms with van der Waals surface area (Å²) >= 11 is 0.959. The molecule has 8 heteroatoms. The molecule has 106 valence electrons. The first-order valence-electron chi connectivity index (χ1n) is 5.84. The number of aliphatic hydroxyl groups excluding tert-OH is 1. The van der Waals surface area contributed by atoms with E-state index in [1.807, 2.05) is 0 Å². The summed E-state index contributed by atoms with van der Waals surface area (Å²) in [4.78, 5) is 11.4. The molecule has 1 aliphatic rings. The Bertz CT molecular complexity index is 584. The van der Waals surface area contributed by atoms with Crippen LogP contribution in [0.15, 0.2) is 11.0 Å². The van der Waals surface area contributed by atoms with E-state index in [4.69, 9.17) is 5.11 Å². The lowest BCUT2D eigenvalue weighted by molar-refractivity contribution is 0.0702. The Morgan fingerprint density at radius 2 is 2.00 bits per heavy atom. The van der Waals surface area contributed by atoms with Crippen molar-refractivity contribution in [3.05, 3.63) is 15.8 Å². The van der Waals surface area contributed by atoms with E-state index in [0.717, 1.165) is 11.3 Å². The standard InChI is InChI=1S/C11H15NO5S2/c1-7-10(6-9(18-7)11(14)15)19(16,17)12-4-2-8(13)3-5-12/h6,8,13H,2-5H2,1H3,(H,14,15). The highest BCUT2D eigenvalue weighted by atomic mass is 32.2. The smallest absolute Gasteiger partial charge is 0.345 e. The van der Waals surface area contributed by atoms with E-state index < -0.39 is 22.1 Å². The zero-order chi connectivity index (χ0) is 14.2. The van der Waals surface area contributed by atoms with Gasteiger partial charge in [0.2, 0.25) is 10.0 Å². The van der Waals surface area contributed by atoms with Crippen LogP contribution in [0.1, 0.15) is 27.4 Å². The Morgan fingerprint density at radius 1 is 1.42 bits per heavy atom. The van der Waals surface area contributed by atoms with Crippen LogP contribution in [0.4, 0.5) is 0 Å². The molecule has 0 bridgehead atoms. The van der Waals surface area contributed by atoms with Gasteiger partial charge in [0, 0.05) is 18.0 Å². The van der Waals surface area contributed by atoms with Crippen LogP contribution in [0.5, 0.6) is 0 Å². The molecule has 1 aromatic rings. The van der Waals surface area contributed by atoms with Gasteiger partial charge in [0.05, 0.1) is 11.0 Å². The lowest BCUT2D eigenvalue weighted by Gasteiger charge is -2.28. The van der Waals surface area contributed by atoms with Crippen molar-refractivity contribution in [1.82, 2.24) is 4.31 Å². The number of nitrogens with zero attached hydrogens (tertiary/aromatic N) is 1. The number of carbonyl (C=O) groups is 1. The average molecular weight is 305 g/mol. The van der Waals surface area contributed by atoms with Gasteiger partial charge in [-0.1, -0.05) is 0 Å². The SMILES string of the molecule is Cc1sc(C(=O)O)cc1S(=O)(=O)N1CCC(O)CC1. The maximum Gasteiger partial charge on any atom is 0.345 e. The van der Waals surface area contributed by atoms with Crippen molar-refractivity contribution in [3.8, 4) is 0 Å². The average Bonchev–Trinajstić information content (AvgIpc) is 2.73. The fraction of sp³-hybridized carbons (Fsp3) is 0.545. The molecule has 0 atom stereocenters. The Kier molecular flexibility index (Phi) is 3.95. The number of hydrogen-bond acceptors (Lipinski definition) is 5. The third kappa shape index (κ3) is 2.81. The molecule has 0 unspecified atom stereocenters. The second-order valence-electron chi connectivity index (χ2n) is 4.47. The molecule has 0 radical (unpaired) electrons. The van der Waals surface area contributed by atoms with Gasteiger partial charge in [-0.05, 0) is 25.8 Å². The maximum absolute atomic E-state index is 12.4. The first kappa shape index (κ1) is 14.4. The van der Waals surface area contributed by atoms with E-state index in [9.17, 15) is 18.3 Å². The van der Waals surface area contributed by atoms with Gasteiger partial charge < -0.3 is 10.2 Å². The van der Waals surface area contributed by atoms with Crippen LogP contribution in [-0.2, 0) is 10.0 Å². The topological polar surface area (TPSA) is 94.9 Å². The normalized spacial score (nSPS) is 18.6. The van der Waals surface area contributed by atoms with Gasteiger partial charge in [0.15, 0.2) is 0 Å². The number of hydrogen-bond donors (Lipinski definition) is 2. The maximum atomic E-state index is 12.4. The van der Waals surface area contributed by atoms with Crippen LogP contribution in [-0.4, -0.2) is 48.1 Å². The molecule has 1 saturated heterocycles. The van der Waals surface area contributed by atoms with Crippen LogP contribution in [0, 0.1) is 6.92 Å². The van der Waals surface area contributed by atoms with E-state index in [1.165, 1.54) is 10.4 Å². The van der Waals surface area contributed by atoms with Gasteiger partial charge in [0.1, 0.15) is 4.88 Å². The summed E-state index contributed by atoms with van der Waals surface area (Å²) in [6.45, 7) is 2.13. The highest BCUT2D eigenvalue weighted by molar-refractivity contribution is 7.89. The molecule has 0 aliphatic carbocycles. The molecule has 1 fully saturated rings. The lowest BCUT2D eigenvalue weighted by Crippen LogP contribution is -2.40. The summed E-state index contributed by atoms with van der Waals surface area (Å²) in [6, 6.07) is 1.21. The summed E-state index contributed by atoms with van der Waals surface area (Å²) in [5, 5.41) is 18.3. The van der Waals surface area contributed by atoms with Gasteiger partial charge in [0.25, 0.3) is 0 Å². The highest BCUT2D eigenvalue weighted by Gasteiger charge is 2.31. The van der Waals surface area contributed by atoms with Crippen LogP contribution < -0.4 is 0 Å². The van der Waals surface area contributed by atoms with E-state index >= 15 is 0 Å². The molecule has 19 heavy (non-hydrogen) atoms. The Labute approximate surface area is 115 Å². The molecule has 6 nitrogen and oxygen atoms in total. The number of thiophene rings is 1. The minimum Gasteiger partial charge on any atom is -0.477 e. The number of aliphatic hydroxyl groups is 1. The highest BCUT2D eigenvalue weighted by Crippen LogP contribution is 2.29. The molecular formula is C11H15NO5S2. The Hall–Kier alpha value is -0.960.